The average Bonchev–Trinajstić information content (AvgIpc) is 3.48. The average molecular weight is 414 g/mol. The van der Waals surface area contributed by atoms with E-state index in [4.69, 9.17) is 15.7 Å². The first-order chi connectivity index (χ1) is 14.6. The number of nitrogens with two attached hydrogens (primary N) is 1. The van der Waals surface area contributed by atoms with Crippen molar-refractivity contribution >= 4 is 38.9 Å². The number of hydrogen-bond acceptors (Lipinski definition) is 7. The van der Waals surface area contributed by atoms with Gasteiger partial charge in [-0.1, -0.05) is 24.8 Å². The summed E-state index contributed by atoms with van der Waals surface area (Å²) in [5.74, 6) is 1.04. The van der Waals surface area contributed by atoms with Gasteiger partial charge in [-0.15, -0.1) is 11.3 Å². The number of nitrogens with one attached hydrogen (secondary N) is 1. The minimum atomic E-state index is 0.439. The molecule has 0 spiro atoms. The lowest BCUT2D eigenvalue weighted by Gasteiger charge is -2.11. The van der Waals surface area contributed by atoms with Gasteiger partial charge in [0, 0.05) is 11.9 Å². The zero-order valence-electron chi connectivity index (χ0n) is 16.1. The predicted octanol–water partition coefficient (Wildman–Crippen LogP) is 4.04. The van der Waals surface area contributed by atoms with E-state index in [2.05, 4.69) is 22.1 Å². The molecule has 5 aromatic rings. The van der Waals surface area contributed by atoms with Gasteiger partial charge in [-0.3, -0.25) is 0 Å². The molecule has 0 saturated heterocycles. The molecule has 0 aliphatic heterocycles. The molecule has 0 aliphatic carbocycles. The highest BCUT2D eigenvalue weighted by molar-refractivity contribution is 7.16. The van der Waals surface area contributed by atoms with Gasteiger partial charge in [0.15, 0.2) is 5.65 Å². The van der Waals surface area contributed by atoms with Crippen LogP contribution >= 0.6 is 11.3 Å². The number of aromatic nitrogens is 6. The summed E-state index contributed by atoms with van der Waals surface area (Å²) in [4.78, 5) is 10.4. The largest absolute Gasteiger partial charge is 0.391 e. The van der Waals surface area contributed by atoms with E-state index in [-0.39, 0.29) is 0 Å². The SMILES string of the molecule is C=C(Nc1nc(-n2ccc(C)n2)nc2c1cnn2-c1ccccc1)c1ccc(N)s1. The van der Waals surface area contributed by atoms with E-state index in [1.807, 2.05) is 61.7 Å². The first kappa shape index (κ1) is 18.1. The van der Waals surface area contributed by atoms with Crippen LogP contribution in [-0.2, 0) is 0 Å². The van der Waals surface area contributed by atoms with Gasteiger partial charge in [0.25, 0.3) is 5.95 Å². The molecule has 30 heavy (non-hydrogen) atoms. The van der Waals surface area contributed by atoms with Crippen molar-refractivity contribution in [1.29, 1.82) is 0 Å². The number of fused-ring (bicyclic) bond motifs is 1. The summed E-state index contributed by atoms with van der Waals surface area (Å²) in [5, 5.41) is 13.8. The molecule has 0 radical (unpaired) electrons. The Labute approximate surface area is 176 Å². The summed E-state index contributed by atoms with van der Waals surface area (Å²) < 4.78 is 3.43. The van der Waals surface area contributed by atoms with Crippen LogP contribution in [0.2, 0.25) is 0 Å². The van der Waals surface area contributed by atoms with Crippen LogP contribution in [-0.4, -0.2) is 29.5 Å². The van der Waals surface area contributed by atoms with Crippen LogP contribution in [0, 0.1) is 6.92 Å². The van der Waals surface area contributed by atoms with Crippen LogP contribution in [0.1, 0.15) is 10.6 Å². The van der Waals surface area contributed by atoms with E-state index >= 15 is 0 Å². The van der Waals surface area contributed by atoms with Gasteiger partial charge in [-0.2, -0.15) is 20.2 Å². The van der Waals surface area contributed by atoms with Crippen molar-refractivity contribution in [3.05, 3.63) is 78.1 Å². The van der Waals surface area contributed by atoms with Gasteiger partial charge in [-0.25, -0.2) is 9.36 Å². The van der Waals surface area contributed by atoms with E-state index in [0.717, 1.165) is 26.6 Å². The molecule has 148 valence electrons. The van der Waals surface area contributed by atoms with Crippen molar-refractivity contribution in [1.82, 2.24) is 29.5 Å². The highest BCUT2D eigenvalue weighted by Gasteiger charge is 2.17. The number of para-hydroxylation sites is 1. The standard InChI is InChI=1S/C21H18N8S/c1-13-10-11-28(27-13)21-25-19(24-14(2)17-8-9-18(22)30-17)16-12-23-29(20(16)26-21)15-6-4-3-5-7-15/h3-12H,2,22H2,1H3,(H,24,25,26). The van der Waals surface area contributed by atoms with E-state index in [1.165, 1.54) is 11.3 Å². The molecule has 0 unspecified atom stereocenters. The van der Waals surface area contributed by atoms with Gasteiger partial charge in [0.2, 0.25) is 0 Å². The van der Waals surface area contributed by atoms with Crippen LogP contribution in [0.4, 0.5) is 10.8 Å². The third-order valence-electron chi connectivity index (χ3n) is 4.54. The van der Waals surface area contributed by atoms with Gasteiger partial charge in [-0.05, 0) is 37.3 Å². The van der Waals surface area contributed by atoms with E-state index < -0.39 is 0 Å². The molecule has 8 nitrogen and oxygen atoms in total. The van der Waals surface area contributed by atoms with Crippen LogP contribution in [0.3, 0.4) is 0 Å². The van der Waals surface area contributed by atoms with Crippen LogP contribution in [0.25, 0.3) is 28.4 Å². The maximum Gasteiger partial charge on any atom is 0.254 e. The van der Waals surface area contributed by atoms with Gasteiger partial charge in [0.1, 0.15) is 5.82 Å². The van der Waals surface area contributed by atoms with Crippen LogP contribution in [0.5, 0.6) is 0 Å². The quantitative estimate of drug-likeness (QED) is 0.450. The van der Waals surface area contributed by atoms with E-state index in [9.17, 15) is 0 Å². The minimum absolute atomic E-state index is 0.439. The first-order valence-electron chi connectivity index (χ1n) is 9.24. The first-order valence-corrected chi connectivity index (χ1v) is 10.1. The van der Waals surface area contributed by atoms with Crippen LogP contribution < -0.4 is 11.1 Å². The molecule has 1 aromatic carbocycles. The normalized spacial score (nSPS) is 11.1. The second kappa shape index (κ2) is 7.12. The number of rotatable bonds is 5. The lowest BCUT2D eigenvalue weighted by atomic mass is 10.3. The van der Waals surface area contributed by atoms with Crippen LogP contribution in [0.15, 0.2) is 67.5 Å². The number of thiophene rings is 1. The predicted molar refractivity (Wildman–Crippen MR) is 120 cm³/mol. The lowest BCUT2D eigenvalue weighted by Crippen LogP contribution is -2.08. The second-order valence-electron chi connectivity index (χ2n) is 6.71. The fraction of sp³-hybridized carbons (Fsp3) is 0.0476. The minimum Gasteiger partial charge on any atom is -0.391 e. The highest BCUT2D eigenvalue weighted by atomic mass is 32.1. The van der Waals surface area contributed by atoms with Gasteiger partial charge in [0.05, 0.1) is 32.8 Å². The van der Waals surface area contributed by atoms with Gasteiger partial charge >= 0.3 is 0 Å². The summed E-state index contributed by atoms with van der Waals surface area (Å²) >= 11 is 1.46. The van der Waals surface area contributed by atoms with E-state index in [1.54, 1.807) is 15.6 Å². The van der Waals surface area contributed by atoms with Crippen molar-refractivity contribution in [2.24, 2.45) is 0 Å². The molecule has 3 N–H and O–H groups in total. The fourth-order valence-corrected chi connectivity index (χ4v) is 3.80. The molecule has 9 heteroatoms. The molecule has 0 atom stereocenters. The lowest BCUT2D eigenvalue weighted by molar-refractivity contribution is 0.797. The number of hydrogen-bond donors (Lipinski definition) is 2. The Bertz CT molecular complexity index is 1360. The van der Waals surface area contributed by atoms with E-state index in [0.29, 0.717) is 23.1 Å². The fourth-order valence-electron chi connectivity index (χ4n) is 3.10. The Morgan fingerprint density at radius 1 is 1.10 bits per heavy atom. The Morgan fingerprint density at radius 3 is 2.63 bits per heavy atom. The second-order valence-corrected chi connectivity index (χ2v) is 7.82. The number of nitrogens with zero attached hydrogens (tertiary/aromatic N) is 6. The molecule has 5 rings (SSSR count). The summed E-state index contributed by atoms with van der Waals surface area (Å²) in [5.41, 5.74) is 9.02. The Balaban J connectivity index is 1.66. The molecule has 0 fully saturated rings. The van der Waals surface area contributed by atoms with Crippen molar-refractivity contribution in [2.45, 2.75) is 6.92 Å². The summed E-state index contributed by atoms with van der Waals surface area (Å²) in [6, 6.07) is 15.5. The number of anilines is 2. The smallest absolute Gasteiger partial charge is 0.254 e. The number of nitrogen functional groups attached to an aromatic ring is 1. The topological polar surface area (TPSA) is 99.5 Å². The monoisotopic (exact) mass is 414 g/mol. The summed E-state index contributed by atoms with van der Waals surface area (Å²) in [6.07, 6.45) is 3.58. The third kappa shape index (κ3) is 3.20. The Morgan fingerprint density at radius 2 is 1.93 bits per heavy atom. The molecule has 4 aromatic heterocycles. The Hall–Kier alpha value is -3.98. The number of benzene rings is 1. The number of aryl methyl sites for hydroxylation is 1. The third-order valence-corrected chi connectivity index (χ3v) is 5.51. The Kier molecular flexibility index (Phi) is 4.29. The summed E-state index contributed by atoms with van der Waals surface area (Å²) in [7, 11) is 0. The molecule has 0 aliphatic rings. The zero-order valence-corrected chi connectivity index (χ0v) is 17.0. The molecule has 0 amide bonds. The van der Waals surface area contributed by atoms with Gasteiger partial charge < -0.3 is 11.1 Å². The van der Waals surface area contributed by atoms with Crippen molar-refractivity contribution in [2.75, 3.05) is 11.1 Å². The molecular weight excluding hydrogens is 396 g/mol. The van der Waals surface area contributed by atoms with Crippen molar-refractivity contribution in [3.63, 3.8) is 0 Å². The summed E-state index contributed by atoms with van der Waals surface area (Å²) in [6.45, 7) is 6.07. The molecule has 4 heterocycles. The maximum atomic E-state index is 5.87. The molecular formula is C21H18N8S. The highest BCUT2D eigenvalue weighted by Crippen LogP contribution is 2.29. The maximum absolute atomic E-state index is 5.87. The zero-order chi connectivity index (χ0) is 20.7. The molecule has 0 saturated carbocycles. The molecule has 0 bridgehead atoms. The van der Waals surface area contributed by atoms with Crippen molar-refractivity contribution in [3.8, 4) is 11.6 Å². The van der Waals surface area contributed by atoms with Crippen molar-refractivity contribution < 1.29 is 0 Å².